The van der Waals surface area contributed by atoms with Gasteiger partial charge in [0, 0.05) is 17.3 Å². The molecule has 0 N–H and O–H groups in total. The van der Waals surface area contributed by atoms with Crippen LogP contribution >= 0.6 is 0 Å². The second-order valence-electron chi connectivity index (χ2n) is 4.47. The average molecular weight is 252 g/mol. The predicted octanol–water partition coefficient (Wildman–Crippen LogP) is 2.94. The Morgan fingerprint density at radius 1 is 1.11 bits per heavy atom. The molecule has 0 saturated carbocycles. The van der Waals surface area contributed by atoms with E-state index in [4.69, 9.17) is 0 Å². The number of fused-ring (bicyclic) bond motifs is 1. The van der Waals surface area contributed by atoms with E-state index >= 15 is 0 Å². The van der Waals surface area contributed by atoms with Crippen LogP contribution in [0.2, 0.25) is 0 Å². The largest absolute Gasteiger partial charge is 0.251 e. The van der Waals surface area contributed by atoms with Crippen molar-refractivity contribution in [3.8, 4) is 5.95 Å². The van der Waals surface area contributed by atoms with Crippen LogP contribution in [0.15, 0.2) is 36.5 Å². The Bertz CT molecular complexity index is 715. The number of aryl methyl sites for hydroxylation is 2. The Hall–Kier alpha value is -2.23. The first-order valence-electron chi connectivity index (χ1n) is 6.61. The Morgan fingerprint density at radius 3 is 2.74 bits per heavy atom. The van der Waals surface area contributed by atoms with E-state index in [2.05, 4.69) is 35.0 Å². The van der Waals surface area contributed by atoms with Crippen molar-refractivity contribution in [1.82, 2.24) is 19.7 Å². The zero-order chi connectivity index (χ0) is 13.2. The maximum absolute atomic E-state index is 4.59. The van der Waals surface area contributed by atoms with Gasteiger partial charge in [0.05, 0.1) is 11.2 Å². The number of rotatable bonds is 3. The third-order valence-electron chi connectivity index (χ3n) is 3.22. The normalized spacial score (nSPS) is 11.1. The summed E-state index contributed by atoms with van der Waals surface area (Å²) < 4.78 is 1.85. The molecule has 0 unspecified atom stereocenters. The van der Waals surface area contributed by atoms with Gasteiger partial charge in [0.2, 0.25) is 0 Å². The fourth-order valence-electron chi connectivity index (χ4n) is 2.14. The third-order valence-corrected chi connectivity index (χ3v) is 3.22. The highest BCUT2D eigenvalue weighted by Gasteiger charge is 2.10. The standard InChI is InChI=1S/C15H16N4/c1-3-12-9-13(4-2)19(18-12)15-16-10-11-7-5-6-8-14(11)17-15/h5-10H,3-4H2,1-2H3. The van der Waals surface area contributed by atoms with Crippen LogP contribution in [0.4, 0.5) is 0 Å². The highest BCUT2D eigenvalue weighted by atomic mass is 15.4. The van der Waals surface area contributed by atoms with E-state index in [1.165, 1.54) is 0 Å². The average Bonchev–Trinajstić information content (AvgIpc) is 2.90. The summed E-state index contributed by atoms with van der Waals surface area (Å²) in [6.45, 7) is 4.22. The second kappa shape index (κ2) is 4.80. The molecule has 0 aliphatic carbocycles. The molecule has 0 amide bonds. The van der Waals surface area contributed by atoms with E-state index < -0.39 is 0 Å². The molecule has 96 valence electrons. The zero-order valence-corrected chi connectivity index (χ0v) is 11.2. The van der Waals surface area contributed by atoms with Crippen molar-refractivity contribution in [1.29, 1.82) is 0 Å². The van der Waals surface area contributed by atoms with Crippen molar-refractivity contribution in [2.45, 2.75) is 26.7 Å². The highest BCUT2D eigenvalue weighted by molar-refractivity contribution is 5.77. The van der Waals surface area contributed by atoms with Crippen LogP contribution in [0.25, 0.3) is 16.9 Å². The lowest BCUT2D eigenvalue weighted by atomic mass is 10.2. The lowest BCUT2D eigenvalue weighted by Gasteiger charge is -2.04. The minimum atomic E-state index is 0.648. The number of para-hydroxylation sites is 1. The molecular formula is C15H16N4. The Kier molecular flexibility index (Phi) is 2.99. The first kappa shape index (κ1) is 11.8. The number of nitrogens with zero attached hydrogens (tertiary/aromatic N) is 4. The van der Waals surface area contributed by atoms with Gasteiger partial charge in [0.25, 0.3) is 5.95 Å². The van der Waals surface area contributed by atoms with E-state index in [1.807, 2.05) is 35.1 Å². The summed E-state index contributed by atoms with van der Waals surface area (Å²) in [6.07, 6.45) is 3.70. The molecule has 3 rings (SSSR count). The molecule has 2 aromatic heterocycles. The van der Waals surface area contributed by atoms with Gasteiger partial charge in [-0.1, -0.05) is 32.0 Å². The number of hydrogen-bond donors (Lipinski definition) is 0. The molecule has 4 nitrogen and oxygen atoms in total. The van der Waals surface area contributed by atoms with Crippen LogP contribution in [0.3, 0.4) is 0 Å². The molecule has 0 bridgehead atoms. The summed E-state index contributed by atoms with van der Waals surface area (Å²) in [6, 6.07) is 10.1. The number of aromatic nitrogens is 4. The summed E-state index contributed by atoms with van der Waals surface area (Å²) in [5, 5.41) is 5.62. The Morgan fingerprint density at radius 2 is 1.95 bits per heavy atom. The van der Waals surface area contributed by atoms with Crippen LogP contribution in [0.5, 0.6) is 0 Å². The lowest BCUT2D eigenvalue weighted by Crippen LogP contribution is -2.06. The van der Waals surface area contributed by atoms with Gasteiger partial charge in [0.15, 0.2) is 0 Å². The quantitative estimate of drug-likeness (QED) is 0.719. The van der Waals surface area contributed by atoms with E-state index in [9.17, 15) is 0 Å². The van der Waals surface area contributed by atoms with Crippen molar-refractivity contribution in [2.24, 2.45) is 0 Å². The van der Waals surface area contributed by atoms with E-state index in [1.54, 1.807) is 0 Å². The zero-order valence-electron chi connectivity index (χ0n) is 11.2. The van der Waals surface area contributed by atoms with Gasteiger partial charge in [-0.15, -0.1) is 0 Å². The molecule has 0 atom stereocenters. The van der Waals surface area contributed by atoms with Gasteiger partial charge in [-0.25, -0.2) is 14.6 Å². The minimum absolute atomic E-state index is 0.648. The summed E-state index contributed by atoms with van der Waals surface area (Å²) in [5.41, 5.74) is 3.17. The van der Waals surface area contributed by atoms with Gasteiger partial charge in [0.1, 0.15) is 0 Å². The van der Waals surface area contributed by atoms with E-state index in [0.717, 1.165) is 35.1 Å². The molecule has 0 aliphatic heterocycles. The molecule has 3 aromatic rings. The maximum Gasteiger partial charge on any atom is 0.251 e. The van der Waals surface area contributed by atoms with Crippen LogP contribution < -0.4 is 0 Å². The molecule has 19 heavy (non-hydrogen) atoms. The first-order chi connectivity index (χ1) is 9.31. The molecule has 4 heteroatoms. The molecule has 1 aromatic carbocycles. The SMILES string of the molecule is CCc1cc(CC)n(-c2ncc3ccccc3n2)n1. The summed E-state index contributed by atoms with van der Waals surface area (Å²) in [5.74, 6) is 0.648. The molecule has 2 heterocycles. The summed E-state index contributed by atoms with van der Waals surface area (Å²) in [4.78, 5) is 9.01. The van der Waals surface area contributed by atoms with Gasteiger partial charge in [-0.05, 0) is 25.0 Å². The topological polar surface area (TPSA) is 43.6 Å². The van der Waals surface area contributed by atoms with Crippen molar-refractivity contribution >= 4 is 10.9 Å². The molecule has 0 saturated heterocycles. The van der Waals surface area contributed by atoms with Crippen molar-refractivity contribution in [2.75, 3.05) is 0 Å². The van der Waals surface area contributed by atoms with E-state index in [0.29, 0.717) is 5.95 Å². The van der Waals surface area contributed by atoms with E-state index in [-0.39, 0.29) is 0 Å². The van der Waals surface area contributed by atoms with Gasteiger partial charge >= 0.3 is 0 Å². The Labute approximate surface area is 112 Å². The Balaban J connectivity index is 2.15. The summed E-state index contributed by atoms with van der Waals surface area (Å²) in [7, 11) is 0. The number of benzene rings is 1. The highest BCUT2D eigenvalue weighted by Crippen LogP contribution is 2.14. The first-order valence-corrected chi connectivity index (χ1v) is 6.61. The minimum Gasteiger partial charge on any atom is -0.219 e. The van der Waals surface area contributed by atoms with Gasteiger partial charge in [-0.2, -0.15) is 5.10 Å². The smallest absolute Gasteiger partial charge is 0.219 e. The van der Waals surface area contributed by atoms with Crippen molar-refractivity contribution in [3.05, 3.63) is 47.9 Å². The third kappa shape index (κ3) is 2.10. The van der Waals surface area contributed by atoms with Gasteiger partial charge < -0.3 is 0 Å². The van der Waals surface area contributed by atoms with Crippen LogP contribution in [-0.4, -0.2) is 19.7 Å². The molecular weight excluding hydrogens is 236 g/mol. The van der Waals surface area contributed by atoms with Crippen LogP contribution in [-0.2, 0) is 12.8 Å². The van der Waals surface area contributed by atoms with Crippen LogP contribution in [0.1, 0.15) is 25.2 Å². The lowest BCUT2D eigenvalue weighted by molar-refractivity contribution is 0.751. The maximum atomic E-state index is 4.59. The van der Waals surface area contributed by atoms with Crippen molar-refractivity contribution < 1.29 is 0 Å². The number of hydrogen-bond acceptors (Lipinski definition) is 3. The summed E-state index contributed by atoms with van der Waals surface area (Å²) >= 11 is 0. The molecule has 0 fully saturated rings. The fraction of sp³-hybridized carbons (Fsp3) is 0.267. The molecule has 0 spiro atoms. The fourth-order valence-corrected chi connectivity index (χ4v) is 2.14. The van der Waals surface area contributed by atoms with Crippen molar-refractivity contribution in [3.63, 3.8) is 0 Å². The van der Waals surface area contributed by atoms with Crippen LogP contribution in [0, 0.1) is 0 Å². The predicted molar refractivity (Wildman–Crippen MR) is 75.4 cm³/mol. The monoisotopic (exact) mass is 252 g/mol. The second-order valence-corrected chi connectivity index (χ2v) is 4.47. The molecule has 0 radical (unpaired) electrons. The van der Waals surface area contributed by atoms with Gasteiger partial charge in [-0.3, -0.25) is 0 Å². The molecule has 0 aliphatic rings.